The smallest absolute Gasteiger partial charge is 0.120 e. The van der Waals surface area contributed by atoms with Crippen molar-refractivity contribution >= 4 is 6.29 Å². The van der Waals surface area contributed by atoms with Crippen LogP contribution >= 0.6 is 0 Å². The standard InChI is InChI=1S/C11H18O/c1-11(2)9-4-3-8(5-6-12)10(11)7-9/h6,8-10H,3-5,7H2,1-2H3. The summed E-state index contributed by atoms with van der Waals surface area (Å²) in [7, 11) is 0. The van der Waals surface area contributed by atoms with Gasteiger partial charge in [0, 0.05) is 6.42 Å². The molecule has 1 nitrogen and oxygen atoms in total. The van der Waals surface area contributed by atoms with Crippen molar-refractivity contribution in [2.75, 3.05) is 0 Å². The second-order valence-electron chi connectivity index (χ2n) is 5.10. The summed E-state index contributed by atoms with van der Waals surface area (Å²) >= 11 is 0. The fourth-order valence-electron chi connectivity index (χ4n) is 3.37. The van der Waals surface area contributed by atoms with Crippen molar-refractivity contribution in [3.63, 3.8) is 0 Å². The van der Waals surface area contributed by atoms with Crippen molar-refractivity contribution in [1.82, 2.24) is 0 Å². The lowest BCUT2D eigenvalue weighted by Crippen LogP contribution is -2.52. The van der Waals surface area contributed by atoms with Crippen LogP contribution in [0.25, 0.3) is 0 Å². The van der Waals surface area contributed by atoms with Crippen molar-refractivity contribution in [2.24, 2.45) is 23.2 Å². The van der Waals surface area contributed by atoms with E-state index in [1.54, 1.807) is 0 Å². The van der Waals surface area contributed by atoms with Crippen LogP contribution in [-0.4, -0.2) is 6.29 Å². The zero-order valence-corrected chi connectivity index (χ0v) is 8.05. The minimum Gasteiger partial charge on any atom is -0.303 e. The molecule has 2 bridgehead atoms. The highest BCUT2D eigenvalue weighted by molar-refractivity contribution is 5.50. The van der Waals surface area contributed by atoms with Gasteiger partial charge in [0.2, 0.25) is 0 Å². The summed E-state index contributed by atoms with van der Waals surface area (Å²) in [6, 6.07) is 0. The molecule has 3 aliphatic carbocycles. The Hall–Kier alpha value is -0.330. The van der Waals surface area contributed by atoms with E-state index >= 15 is 0 Å². The molecule has 0 aromatic carbocycles. The SMILES string of the molecule is CC1(C)C2CCC(CC=O)C1C2. The van der Waals surface area contributed by atoms with Gasteiger partial charge in [-0.05, 0) is 42.4 Å². The largest absolute Gasteiger partial charge is 0.303 e. The minimum atomic E-state index is 0.548. The Balaban J connectivity index is 2.05. The molecule has 0 radical (unpaired) electrons. The maximum Gasteiger partial charge on any atom is 0.120 e. The van der Waals surface area contributed by atoms with Gasteiger partial charge in [-0.1, -0.05) is 13.8 Å². The molecular weight excluding hydrogens is 148 g/mol. The molecule has 3 aliphatic rings. The second-order valence-corrected chi connectivity index (χ2v) is 5.10. The molecule has 12 heavy (non-hydrogen) atoms. The monoisotopic (exact) mass is 166 g/mol. The van der Waals surface area contributed by atoms with Crippen LogP contribution in [0.15, 0.2) is 0 Å². The number of rotatable bonds is 2. The third-order valence-corrected chi connectivity index (χ3v) is 4.40. The quantitative estimate of drug-likeness (QED) is 0.576. The van der Waals surface area contributed by atoms with E-state index in [0.29, 0.717) is 11.3 Å². The van der Waals surface area contributed by atoms with E-state index in [4.69, 9.17) is 0 Å². The van der Waals surface area contributed by atoms with Gasteiger partial charge in [0.25, 0.3) is 0 Å². The topological polar surface area (TPSA) is 17.1 Å². The Morgan fingerprint density at radius 1 is 1.42 bits per heavy atom. The Labute approximate surface area is 74.5 Å². The van der Waals surface area contributed by atoms with E-state index in [1.807, 2.05) is 0 Å². The Morgan fingerprint density at radius 3 is 2.67 bits per heavy atom. The Bertz CT molecular complexity index is 193. The van der Waals surface area contributed by atoms with Crippen molar-refractivity contribution < 1.29 is 4.79 Å². The molecule has 0 heterocycles. The van der Waals surface area contributed by atoms with Gasteiger partial charge in [0.05, 0.1) is 0 Å². The van der Waals surface area contributed by atoms with Crippen molar-refractivity contribution in [3.8, 4) is 0 Å². The molecule has 0 aromatic rings. The average molecular weight is 166 g/mol. The Kier molecular flexibility index (Phi) is 1.78. The molecule has 0 N–H and O–H groups in total. The molecule has 1 heteroatoms. The first-order valence-electron chi connectivity index (χ1n) is 5.10. The maximum absolute atomic E-state index is 10.4. The summed E-state index contributed by atoms with van der Waals surface area (Å²) in [5.74, 6) is 2.52. The number of carbonyl (C=O) groups is 1. The Morgan fingerprint density at radius 2 is 2.17 bits per heavy atom. The van der Waals surface area contributed by atoms with Crippen LogP contribution in [0.4, 0.5) is 0 Å². The van der Waals surface area contributed by atoms with Crippen molar-refractivity contribution in [3.05, 3.63) is 0 Å². The highest BCUT2D eigenvalue weighted by Gasteiger charge is 2.53. The van der Waals surface area contributed by atoms with Crippen LogP contribution < -0.4 is 0 Å². The van der Waals surface area contributed by atoms with Gasteiger partial charge in [0.15, 0.2) is 0 Å². The molecule has 3 saturated carbocycles. The molecule has 0 aromatic heterocycles. The van der Waals surface area contributed by atoms with E-state index < -0.39 is 0 Å². The van der Waals surface area contributed by atoms with Gasteiger partial charge in [-0.2, -0.15) is 0 Å². The van der Waals surface area contributed by atoms with Gasteiger partial charge in [-0.15, -0.1) is 0 Å². The second kappa shape index (κ2) is 2.58. The molecule has 68 valence electrons. The van der Waals surface area contributed by atoms with E-state index in [0.717, 1.165) is 24.5 Å². The molecule has 0 aliphatic heterocycles. The zero-order chi connectivity index (χ0) is 8.77. The first-order chi connectivity index (χ1) is 5.66. The summed E-state index contributed by atoms with van der Waals surface area (Å²) in [4.78, 5) is 10.4. The lowest BCUT2D eigenvalue weighted by molar-refractivity contribution is -0.122. The number of carbonyl (C=O) groups excluding carboxylic acids is 1. The molecule has 0 amide bonds. The molecule has 3 rings (SSSR count). The van der Waals surface area contributed by atoms with Gasteiger partial charge in [-0.3, -0.25) is 0 Å². The van der Waals surface area contributed by atoms with Crippen LogP contribution in [-0.2, 0) is 4.79 Å². The number of aldehydes is 1. The summed E-state index contributed by atoms with van der Waals surface area (Å²) in [5.41, 5.74) is 0.548. The van der Waals surface area contributed by atoms with E-state index in [-0.39, 0.29) is 0 Å². The van der Waals surface area contributed by atoms with Crippen LogP contribution in [0.2, 0.25) is 0 Å². The third kappa shape index (κ3) is 0.949. The van der Waals surface area contributed by atoms with E-state index in [9.17, 15) is 4.79 Å². The van der Waals surface area contributed by atoms with Crippen LogP contribution in [0.1, 0.15) is 39.5 Å². The first-order valence-corrected chi connectivity index (χ1v) is 5.10. The molecule has 0 spiro atoms. The van der Waals surface area contributed by atoms with Crippen LogP contribution in [0.5, 0.6) is 0 Å². The summed E-state index contributed by atoms with van der Waals surface area (Å²) < 4.78 is 0. The molecule has 3 atom stereocenters. The van der Waals surface area contributed by atoms with Crippen molar-refractivity contribution in [1.29, 1.82) is 0 Å². The fourth-order valence-corrected chi connectivity index (χ4v) is 3.37. The average Bonchev–Trinajstić information content (AvgIpc) is 2.05. The molecular formula is C11H18O. The molecule has 3 fully saturated rings. The highest BCUT2D eigenvalue weighted by Crippen LogP contribution is 2.61. The normalized spacial score (nSPS) is 43.3. The third-order valence-electron chi connectivity index (χ3n) is 4.40. The lowest BCUT2D eigenvalue weighted by Gasteiger charge is -2.60. The predicted octanol–water partition coefficient (Wildman–Crippen LogP) is 2.65. The zero-order valence-electron chi connectivity index (χ0n) is 8.05. The highest BCUT2D eigenvalue weighted by atomic mass is 16.1. The van der Waals surface area contributed by atoms with Crippen LogP contribution in [0.3, 0.4) is 0 Å². The van der Waals surface area contributed by atoms with Crippen molar-refractivity contribution in [2.45, 2.75) is 39.5 Å². The molecule has 0 saturated heterocycles. The predicted molar refractivity (Wildman–Crippen MR) is 48.8 cm³/mol. The van der Waals surface area contributed by atoms with E-state index in [1.165, 1.54) is 19.3 Å². The number of fused-ring (bicyclic) bond motifs is 2. The van der Waals surface area contributed by atoms with Gasteiger partial charge in [-0.25, -0.2) is 0 Å². The van der Waals surface area contributed by atoms with Gasteiger partial charge >= 0.3 is 0 Å². The van der Waals surface area contributed by atoms with Gasteiger partial charge in [0.1, 0.15) is 6.29 Å². The van der Waals surface area contributed by atoms with Crippen LogP contribution in [0, 0.1) is 23.2 Å². The van der Waals surface area contributed by atoms with Gasteiger partial charge < -0.3 is 4.79 Å². The number of hydrogen-bond acceptors (Lipinski definition) is 1. The lowest BCUT2D eigenvalue weighted by atomic mass is 9.45. The summed E-state index contributed by atoms with van der Waals surface area (Å²) in [6.45, 7) is 4.76. The summed E-state index contributed by atoms with van der Waals surface area (Å²) in [6.07, 6.45) is 5.98. The molecule has 3 unspecified atom stereocenters. The first kappa shape index (κ1) is 8.28. The summed E-state index contributed by atoms with van der Waals surface area (Å²) in [5, 5.41) is 0. The minimum absolute atomic E-state index is 0.548. The fraction of sp³-hybridized carbons (Fsp3) is 0.909. The number of hydrogen-bond donors (Lipinski definition) is 0. The maximum atomic E-state index is 10.4. The van der Waals surface area contributed by atoms with E-state index in [2.05, 4.69) is 13.8 Å².